The third-order valence-corrected chi connectivity index (χ3v) is 8.04. The molecule has 0 saturated heterocycles. The Hall–Kier alpha value is -4.02. The molecule has 0 atom stereocenters. The molecule has 0 aliphatic carbocycles. The highest BCUT2D eigenvalue weighted by molar-refractivity contribution is 7.92. The van der Waals surface area contributed by atoms with Gasteiger partial charge in [0.05, 0.1) is 29.0 Å². The Labute approximate surface area is 213 Å². The van der Waals surface area contributed by atoms with Gasteiger partial charge in [0.1, 0.15) is 0 Å². The lowest BCUT2D eigenvalue weighted by Gasteiger charge is -2.22. The molecule has 4 rings (SSSR count). The largest absolute Gasteiger partial charge is 0.465 e. The Morgan fingerprint density at radius 2 is 1.58 bits per heavy atom. The number of ether oxygens (including phenoxy) is 1. The van der Waals surface area contributed by atoms with Gasteiger partial charge in [-0.05, 0) is 55.5 Å². The molecule has 1 N–H and O–H groups in total. The number of methoxy groups -OCH3 is 1. The fraction of sp³-hybridized carbons (Fsp3) is 0.115. The fourth-order valence-corrected chi connectivity index (χ4v) is 5.71. The van der Waals surface area contributed by atoms with E-state index in [1.807, 2.05) is 6.07 Å². The summed E-state index contributed by atoms with van der Waals surface area (Å²) in [5, 5.41) is 4.93. The molecule has 0 radical (unpaired) electrons. The second kappa shape index (κ2) is 10.7. The summed E-state index contributed by atoms with van der Waals surface area (Å²) < 4.78 is 32.3. The molecule has 36 heavy (non-hydrogen) atoms. The van der Waals surface area contributed by atoms with E-state index in [-0.39, 0.29) is 11.4 Å². The average Bonchev–Trinajstić information content (AvgIpc) is 3.37. The van der Waals surface area contributed by atoms with Crippen LogP contribution in [0.3, 0.4) is 0 Å². The van der Waals surface area contributed by atoms with E-state index >= 15 is 0 Å². The first kappa shape index (κ1) is 25.1. The highest BCUT2D eigenvalue weighted by atomic mass is 32.2. The number of sulfonamides is 1. The van der Waals surface area contributed by atoms with E-state index in [1.54, 1.807) is 60.8 Å². The van der Waals surface area contributed by atoms with Crippen molar-refractivity contribution in [3.05, 3.63) is 95.4 Å². The van der Waals surface area contributed by atoms with Crippen molar-refractivity contribution in [3.63, 3.8) is 0 Å². The molecular formula is C26H23N3O5S2. The average molecular weight is 522 g/mol. The van der Waals surface area contributed by atoms with Gasteiger partial charge in [-0.1, -0.05) is 30.3 Å². The van der Waals surface area contributed by atoms with E-state index in [0.29, 0.717) is 27.6 Å². The maximum Gasteiger partial charge on any atom is 0.337 e. The van der Waals surface area contributed by atoms with Gasteiger partial charge in [0.2, 0.25) is 0 Å². The van der Waals surface area contributed by atoms with Crippen LogP contribution in [0.5, 0.6) is 0 Å². The molecule has 0 fully saturated rings. The number of nitrogens with one attached hydrogen (secondary N) is 1. The number of thiazole rings is 1. The van der Waals surface area contributed by atoms with Gasteiger partial charge >= 0.3 is 5.97 Å². The van der Waals surface area contributed by atoms with Gasteiger partial charge in [-0.2, -0.15) is 0 Å². The Kier molecular flexibility index (Phi) is 7.47. The van der Waals surface area contributed by atoms with Gasteiger partial charge in [-0.25, -0.2) is 18.2 Å². The van der Waals surface area contributed by atoms with Crippen molar-refractivity contribution in [2.75, 3.05) is 23.3 Å². The minimum absolute atomic E-state index is 0.0942. The van der Waals surface area contributed by atoms with E-state index in [0.717, 1.165) is 5.56 Å². The lowest BCUT2D eigenvalue weighted by atomic mass is 10.1. The zero-order valence-electron chi connectivity index (χ0n) is 19.5. The molecule has 184 valence electrons. The van der Waals surface area contributed by atoms with Crippen molar-refractivity contribution in [2.24, 2.45) is 0 Å². The quantitative estimate of drug-likeness (QED) is 0.325. The van der Waals surface area contributed by atoms with Crippen LogP contribution < -0.4 is 9.62 Å². The van der Waals surface area contributed by atoms with Gasteiger partial charge in [0.25, 0.3) is 15.9 Å². The Balaban J connectivity index is 1.46. The predicted molar refractivity (Wildman–Crippen MR) is 140 cm³/mol. The van der Waals surface area contributed by atoms with Crippen LogP contribution in [0.15, 0.2) is 89.1 Å². The Morgan fingerprint density at radius 3 is 2.19 bits per heavy atom. The lowest BCUT2D eigenvalue weighted by Crippen LogP contribution is -2.30. The number of para-hydroxylation sites is 1. The predicted octanol–water partition coefficient (Wildman–Crippen LogP) is 5.06. The Bertz CT molecular complexity index is 1470. The summed E-state index contributed by atoms with van der Waals surface area (Å²) in [7, 11) is -2.46. The molecule has 10 heteroatoms. The molecule has 0 spiro atoms. The number of amides is 1. The molecule has 0 bridgehead atoms. The molecular weight excluding hydrogens is 498 g/mol. The minimum atomic E-state index is -3.78. The van der Waals surface area contributed by atoms with E-state index in [1.165, 1.54) is 47.0 Å². The third kappa shape index (κ3) is 5.29. The van der Waals surface area contributed by atoms with Crippen LogP contribution >= 0.6 is 11.3 Å². The third-order valence-electron chi connectivity index (χ3n) is 5.36. The number of hydrogen-bond acceptors (Lipinski definition) is 7. The first-order valence-corrected chi connectivity index (χ1v) is 13.3. The van der Waals surface area contributed by atoms with Crippen molar-refractivity contribution in [2.45, 2.75) is 11.8 Å². The number of benzene rings is 3. The van der Waals surface area contributed by atoms with Gasteiger partial charge in [0.15, 0.2) is 5.13 Å². The standard InChI is InChI=1S/C26H23N3O5S2/c1-3-29(21-7-5-4-6-8-21)36(32,33)22-15-13-19(14-16-22)24(30)28-26-27-23(17-35-26)18-9-11-20(12-10-18)25(31)34-2/h4-17H,3H2,1-2H3,(H,27,28,30). The Morgan fingerprint density at radius 1 is 0.944 bits per heavy atom. The van der Waals surface area contributed by atoms with Crippen LogP contribution in [-0.2, 0) is 14.8 Å². The van der Waals surface area contributed by atoms with Crippen LogP contribution in [0.2, 0.25) is 0 Å². The highest BCUT2D eigenvalue weighted by Crippen LogP contribution is 2.27. The second-order valence-corrected chi connectivity index (χ2v) is 10.3. The summed E-state index contributed by atoms with van der Waals surface area (Å²) in [6.07, 6.45) is 0. The van der Waals surface area contributed by atoms with Gasteiger partial charge in [-0.15, -0.1) is 11.3 Å². The number of hydrogen-bond donors (Lipinski definition) is 1. The summed E-state index contributed by atoms with van der Waals surface area (Å²) in [6.45, 7) is 2.04. The molecule has 0 unspecified atom stereocenters. The van der Waals surface area contributed by atoms with E-state index in [9.17, 15) is 18.0 Å². The number of carbonyl (C=O) groups is 2. The second-order valence-electron chi connectivity index (χ2n) is 7.59. The maximum absolute atomic E-state index is 13.1. The number of esters is 1. The minimum Gasteiger partial charge on any atom is -0.465 e. The van der Waals surface area contributed by atoms with Crippen LogP contribution in [0.4, 0.5) is 10.8 Å². The van der Waals surface area contributed by atoms with Crippen molar-refractivity contribution >= 4 is 44.1 Å². The monoisotopic (exact) mass is 521 g/mol. The van der Waals surface area contributed by atoms with Crippen LogP contribution in [-0.4, -0.2) is 38.9 Å². The van der Waals surface area contributed by atoms with E-state index in [4.69, 9.17) is 4.74 Å². The summed E-state index contributed by atoms with van der Waals surface area (Å²) in [4.78, 5) is 28.8. The maximum atomic E-state index is 13.1. The van der Waals surface area contributed by atoms with Gasteiger partial charge in [-0.3, -0.25) is 14.4 Å². The van der Waals surface area contributed by atoms with E-state index < -0.39 is 21.9 Å². The molecule has 3 aromatic carbocycles. The molecule has 0 aliphatic rings. The summed E-state index contributed by atoms with van der Waals surface area (Å²) in [5.74, 6) is -0.828. The topological polar surface area (TPSA) is 106 Å². The van der Waals surface area contributed by atoms with Crippen LogP contribution in [0.25, 0.3) is 11.3 Å². The lowest BCUT2D eigenvalue weighted by molar-refractivity contribution is 0.0600. The van der Waals surface area contributed by atoms with E-state index in [2.05, 4.69) is 10.3 Å². The fourth-order valence-electron chi connectivity index (χ4n) is 3.52. The molecule has 1 amide bonds. The smallest absolute Gasteiger partial charge is 0.337 e. The zero-order valence-corrected chi connectivity index (χ0v) is 21.2. The summed E-state index contributed by atoms with van der Waals surface area (Å²) >= 11 is 1.26. The number of aromatic nitrogens is 1. The summed E-state index contributed by atoms with van der Waals surface area (Å²) in [5.41, 5.74) is 2.74. The number of rotatable bonds is 8. The first-order valence-electron chi connectivity index (χ1n) is 11.0. The highest BCUT2D eigenvalue weighted by Gasteiger charge is 2.24. The molecule has 1 heterocycles. The molecule has 0 saturated carbocycles. The number of anilines is 2. The number of carbonyl (C=O) groups excluding carboxylic acids is 2. The van der Waals surface area contributed by atoms with Crippen molar-refractivity contribution in [1.29, 1.82) is 0 Å². The van der Waals surface area contributed by atoms with Crippen LogP contribution in [0.1, 0.15) is 27.6 Å². The molecule has 4 aromatic rings. The molecule has 0 aliphatic heterocycles. The van der Waals surface area contributed by atoms with Crippen molar-refractivity contribution < 1.29 is 22.7 Å². The first-order chi connectivity index (χ1) is 17.3. The normalized spacial score (nSPS) is 11.1. The van der Waals surface area contributed by atoms with Crippen molar-refractivity contribution in [1.82, 2.24) is 4.98 Å². The summed E-state index contributed by atoms with van der Waals surface area (Å²) in [6, 6.07) is 21.4. The molecule has 1 aromatic heterocycles. The molecule has 8 nitrogen and oxygen atoms in total. The van der Waals surface area contributed by atoms with Crippen LogP contribution in [0, 0.1) is 0 Å². The van der Waals surface area contributed by atoms with Gasteiger partial charge < -0.3 is 4.74 Å². The zero-order chi connectivity index (χ0) is 25.7. The SMILES string of the molecule is CCN(c1ccccc1)S(=O)(=O)c1ccc(C(=O)Nc2nc(-c3ccc(C(=O)OC)cc3)cs2)cc1. The van der Waals surface area contributed by atoms with Gasteiger partial charge in [0, 0.05) is 23.1 Å². The van der Waals surface area contributed by atoms with Crippen molar-refractivity contribution in [3.8, 4) is 11.3 Å². The number of nitrogens with zero attached hydrogens (tertiary/aromatic N) is 2.